The lowest BCUT2D eigenvalue weighted by Crippen LogP contribution is -2.42. The first-order valence-electron chi connectivity index (χ1n) is 4.74. The SMILES string of the molecule is C=CC(=O)O.C=CN(C(=O)O)N1CCCC1=O. The van der Waals surface area contributed by atoms with Crippen LogP contribution in [0.4, 0.5) is 4.79 Å². The first kappa shape index (κ1) is 14.7. The fraction of sp³-hybridized carbons (Fsp3) is 0.300. The molecule has 1 fully saturated rings. The van der Waals surface area contributed by atoms with Gasteiger partial charge in [-0.1, -0.05) is 13.2 Å². The summed E-state index contributed by atoms with van der Waals surface area (Å²) in [5.41, 5.74) is 0. The minimum Gasteiger partial charge on any atom is -0.478 e. The third-order valence-electron chi connectivity index (χ3n) is 1.85. The lowest BCUT2D eigenvalue weighted by molar-refractivity contribution is -0.137. The summed E-state index contributed by atoms with van der Waals surface area (Å²) in [4.78, 5) is 30.8. The smallest absolute Gasteiger partial charge is 0.430 e. The second kappa shape index (κ2) is 7.04. The summed E-state index contributed by atoms with van der Waals surface area (Å²) < 4.78 is 0. The largest absolute Gasteiger partial charge is 0.478 e. The Morgan fingerprint density at radius 2 is 1.88 bits per heavy atom. The maximum atomic E-state index is 11.1. The van der Waals surface area contributed by atoms with E-state index in [9.17, 15) is 14.4 Å². The van der Waals surface area contributed by atoms with Crippen LogP contribution in [0.3, 0.4) is 0 Å². The molecule has 0 radical (unpaired) electrons. The third-order valence-corrected chi connectivity index (χ3v) is 1.85. The number of hydrogen-bond donors (Lipinski definition) is 2. The molecule has 94 valence electrons. The molecule has 2 N–H and O–H groups in total. The monoisotopic (exact) mass is 242 g/mol. The zero-order valence-electron chi connectivity index (χ0n) is 9.20. The van der Waals surface area contributed by atoms with Crippen LogP contribution in [0, 0.1) is 0 Å². The molecule has 0 aromatic rings. The van der Waals surface area contributed by atoms with Crippen molar-refractivity contribution in [2.45, 2.75) is 12.8 Å². The van der Waals surface area contributed by atoms with E-state index in [1.165, 1.54) is 5.01 Å². The molecule has 1 aliphatic rings. The summed E-state index contributed by atoms with van der Waals surface area (Å²) in [6, 6.07) is 0. The van der Waals surface area contributed by atoms with E-state index < -0.39 is 12.1 Å². The van der Waals surface area contributed by atoms with E-state index in [0.717, 1.165) is 17.3 Å². The molecule has 0 aromatic heterocycles. The van der Waals surface area contributed by atoms with Crippen molar-refractivity contribution < 1.29 is 24.6 Å². The molecule has 0 bridgehead atoms. The van der Waals surface area contributed by atoms with Gasteiger partial charge >= 0.3 is 12.1 Å². The van der Waals surface area contributed by atoms with E-state index in [0.29, 0.717) is 19.4 Å². The predicted octanol–water partition coefficient (Wildman–Crippen LogP) is 0.904. The van der Waals surface area contributed by atoms with Crippen molar-refractivity contribution in [1.29, 1.82) is 0 Å². The number of aliphatic carboxylic acids is 1. The zero-order valence-corrected chi connectivity index (χ0v) is 9.20. The third kappa shape index (κ3) is 4.83. The minimum absolute atomic E-state index is 0.169. The van der Waals surface area contributed by atoms with Gasteiger partial charge < -0.3 is 10.2 Å². The first-order valence-corrected chi connectivity index (χ1v) is 4.74. The van der Waals surface area contributed by atoms with Crippen LogP contribution in [-0.2, 0) is 9.59 Å². The van der Waals surface area contributed by atoms with Gasteiger partial charge in [0.15, 0.2) is 0 Å². The van der Waals surface area contributed by atoms with Gasteiger partial charge in [-0.25, -0.2) is 14.6 Å². The van der Waals surface area contributed by atoms with E-state index in [4.69, 9.17) is 10.2 Å². The molecule has 0 spiro atoms. The fourth-order valence-electron chi connectivity index (χ4n) is 1.14. The van der Waals surface area contributed by atoms with Gasteiger partial charge in [0.25, 0.3) is 0 Å². The Hall–Kier alpha value is -2.31. The Morgan fingerprint density at radius 1 is 1.35 bits per heavy atom. The Balaban J connectivity index is 0.000000437. The average molecular weight is 242 g/mol. The highest BCUT2D eigenvalue weighted by Gasteiger charge is 2.27. The van der Waals surface area contributed by atoms with E-state index in [1.807, 2.05) is 0 Å². The molecular weight excluding hydrogens is 228 g/mol. The number of carbonyl (C=O) groups is 3. The van der Waals surface area contributed by atoms with Gasteiger partial charge in [-0.3, -0.25) is 4.79 Å². The van der Waals surface area contributed by atoms with Gasteiger partial charge in [0.2, 0.25) is 5.91 Å². The molecule has 17 heavy (non-hydrogen) atoms. The number of carboxylic acids is 1. The fourth-order valence-corrected chi connectivity index (χ4v) is 1.14. The van der Waals surface area contributed by atoms with Crippen molar-refractivity contribution in [2.24, 2.45) is 0 Å². The predicted molar refractivity (Wildman–Crippen MR) is 58.8 cm³/mol. The van der Waals surface area contributed by atoms with E-state index in [2.05, 4.69) is 13.2 Å². The zero-order chi connectivity index (χ0) is 13.4. The van der Waals surface area contributed by atoms with Gasteiger partial charge in [0.05, 0.1) is 0 Å². The second-order valence-electron chi connectivity index (χ2n) is 2.97. The molecule has 2 amide bonds. The molecule has 0 aromatic carbocycles. The highest BCUT2D eigenvalue weighted by Crippen LogP contribution is 2.12. The molecule has 0 aliphatic carbocycles. The quantitative estimate of drug-likeness (QED) is 0.716. The molecule has 1 saturated heterocycles. The number of hydrazine groups is 1. The lowest BCUT2D eigenvalue weighted by atomic mass is 10.4. The van der Waals surface area contributed by atoms with Gasteiger partial charge in [-0.15, -0.1) is 0 Å². The minimum atomic E-state index is -1.18. The van der Waals surface area contributed by atoms with Gasteiger partial charge in [0, 0.05) is 25.2 Å². The van der Waals surface area contributed by atoms with Crippen LogP contribution in [-0.4, -0.2) is 44.7 Å². The second-order valence-corrected chi connectivity index (χ2v) is 2.97. The molecule has 0 atom stereocenters. The van der Waals surface area contributed by atoms with Crippen LogP contribution in [0.5, 0.6) is 0 Å². The topological polar surface area (TPSA) is 98.2 Å². The Kier molecular flexibility index (Phi) is 6.09. The van der Waals surface area contributed by atoms with Gasteiger partial charge in [-0.05, 0) is 6.42 Å². The number of hydrogen-bond acceptors (Lipinski definition) is 3. The molecule has 1 aliphatic heterocycles. The Morgan fingerprint density at radius 3 is 2.12 bits per heavy atom. The summed E-state index contributed by atoms with van der Waals surface area (Å²) in [5.74, 6) is -1.15. The average Bonchev–Trinajstić information content (AvgIpc) is 2.66. The lowest BCUT2D eigenvalue weighted by Gasteiger charge is -2.24. The highest BCUT2D eigenvalue weighted by atomic mass is 16.4. The summed E-state index contributed by atoms with van der Waals surface area (Å²) in [6.07, 6.45) is 1.89. The van der Waals surface area contributed by atoms with Crippen LogP contribution in [0.15, 0.2) is 25.4 Å². The van der Waals surface area contributed by atoms with Crippen LogP contribution < -0.4 is 0 Å². The van der Waals surface area contributed by atoms with Gasteiger partial charge in [-0.2, -0.15) is 5.01 Å². The van der Waals surface area contributed by atoms with Crippen molar-refractivity contribution in [3.8, 4) is 0 Å². The normalized spacial score (nSPS) is 13.4. The van der Waals surface area contributed by atoms with Crippen molar-refractivity contribution in [1.82, 2.24) is 10.0 Å². The molecular formula is C10H14N2O5. The molecule has 7 heteroatoms. The van der Waals surface area contributed by atoms with E-state index >= 15 is 0 Å². The van der Waals surface area contributed by atoms with Crippen LogP contribution in [0.1, 0.15) is 12.8 Å². The van der Waals surface area contributed by atoms with Crippen molar-refractivity contribution in [2.75, 3.05) is 6.54 Å². The van der Waals surface area contributed by atoms with Crippen molar-refractivity contribution in [3.63, 3.8) is 0 Å². The van der Waals surface area contributed by atoms with E-state index in [-0.39, 0.29) is 5.91 Å². The first-order chi connectivity index (χ1) is 7.93. The van der Waals surface area contributed by atoms with Crippen LogP contribution in [0.25, 0.3) is 0 Å². The maximum Gasteiger partial charge on any atom is 0.430 e. The number of nitrogens with zero attached hydrogens (tertiary/aromatic N) is 2. The highest BCUT2D eigenvalue weighted by molar-refractivity contribution is 5.80. The molecule has 7 nitrogen and oxygen atoms in total. The van der Waals surface area contributed by atoms with Crippen molar-refractivity contribution in [3.05, 3.63) is 25.4 Å². The summed E-state index contributed by atoms with van der Waals surface area (Å²) in [6.45, 7) is 6.73. The maximum absolute atomic E-state index is 11.1. The Labute approximate surface area is 98.2 Å². The Bertz CT molecular complexity index is 340. The molecule has 0 saturated carbocycles. The van der Waals surface area contributed by atoms with Crippen molar-refractivity contribution >= 4 is 18.0 Å². The number of carbonyl (C=O) groups excluding carboxylic acids is 1. The van der Waals surface area contributed by atoms with E-state index in [1.54, 1.807) is 0 Å². The number of carboxylic acid groups (broad SMARTS) is 2. The van der Waals surface area contributed by atoms with Crippen LogP contribution in [0.2, 0.25) is 0 Å². The summed E-state index contributed by atoms with van der Waals surface area (Å²) >= 11 is 0. The molecule has 1 heterocycles. The summed E-state index contributed by atoms with van der Waals surface area (Å²) in [5, 5.41) is 18.2. The molecule has 1 rings (SSSR count). The standard InChI is InChI=1S/C7H10N2O3.C3H4O2/c1-2-8(7(11)12)9-5-3-4-6(9)10;1-2-3(4)5/h2H,1,3-5H2,(H,11,12);2H,1H2,(H,4,5). The van der Waals surface area contributed by atoms with Gasteiger partial charge in [0.1, 0.15) is 0 Å². The summed E-state index contributed by atoms with van der Waals surface area (Å²) in [7, 11) is 0. The van der Waals surface area contributed by atoms with Crippen LogP contribution >= 0.6 is 0 Å². The molecule has 0 unspecified atom stereocenters. The number of amides is 2. The number of rotatable bonds is 3.